The number of benzene rings is 1. The number of nitrogens with zero attached hydrogens (tertiary/aromatic N) is 1. The van der Waals surface area contributed by atoms with Gasteiger partial charge in [0.2, 0.25) is 0 Å². The molecule has 1 atom stereocenters. The second-order valence-corrected chi connectivity index (χ2v) is 6.91. The fourth-order valence-corrected chi connectivity index (χ4v) is 4.18. The first-order valence-electron chi connectivity index (χ1n) is 7.12. The van der Waals surface area contributed by atoms with Crippen molar-refractivity contribution in [3.8, 4) is 5.75 Å². The van der Waals surface area contributed by atoms with Gasteiger partial charge in [0, 0.05) is 19.1 Å². The molecule has 1 heterocycles. The van der Waals surface area contributed by atoms with Gasteiger partial charge in [0.05, 0.1) is 12.8 Å². The molecular weight excluding hydrogens is 290 g/mol. The van der Waals surface area contributed by atoms with Crippen LogP contribution in [0.15, 0.2) is 18.2 Å². The number of aryl methyl sites for hydroxylation is 1. The smallest absolute Gasteiger partial charge is 0.301 e. The van der Waals surface area contributed by atoms with Gasteiger partial charge in [-0.25, -0.2) is 0 Å². The highest BCUT2D eigenvalue weighted by Crippen LogP contribution is 2.25. The minimum Gasteiger partial charge on any atom is -0.497 e. The van der Waals surface area contributed by atoms with Crippen LogP contribution in [0.2, 0.25) is 0 Å². The van der Waals surface area contributed by atoms with E-state index in [4.69, 9.17) is 10.5 Å². The molecule has 0 amide bonds. The topological polar surface area (TPSA) is 84.7 Å². The number of hydrogen-bond acceptors (Lipinski definition) is 4. The number of anilines is 1. The van der Waals surface area contributed by atoms with Crippen LogP contribution in [0.3, 0.4) is 0 Å². The van der Waals surface area contributed by atoms with E-state index in [1.807, 2.05) is 6.92 Å². The SMILES string of the molecule is COc1ccc(NS(=O)(=O)N2CCCCC2CN)c(C)c1. The standard InChI is InChI=1S/C14H23N3O3S/c1-11-9-13(20-2)6-7-14(11)16-21(18,19)17-8-4-3-5-12(17)10-15/h6-7,9,12,16H,3-5,8,10,15H2,1-2H3. The lowest BCUT2D eigenvalue weighted by Gasteiger charge is -2.34. The maximum atomic E-state index is 12.6. The van der Waals surface area contributed by atoms with Crippen molar-refractivity contribution >= 4 is 15.9 Å². The molecule has 7 heteroatoms. The first kappa shape index (κ1) is 16.1. The molecule has 0 saturated carbocycles. The van der Waals surface area contributed by atoms with E-state index in [-0.39, 0.29) is 6.04 Å². The summed E-state index contributed by atoms with van der Waals surface area (Å²) in [5, 5.41) is 0. The van der Waals surface area contributed by atoms with Gasteiger partial charge in [-0.3, -0.25) is 4.72 Å². The minimum atomic E-state index is -3.58. The summed E-state index contributed by atoms with van der Waals surface area (Å²) in [6.07, 6.45) is 2.72. The quantitative estimate of drug-likeness (QED) is 0.862. The van der Waals surface area contributed by atoms with Crippen molar-refractivity contribution in [2.24, 2.45) is 5.73 Å². The average Bonchev–Trinajstić information content (AvgIpc) is 2.49. The number of nitrogens with two attached hydrogens (primary N) is 1. The highest BCUT2D eigenvalue weighted by molar-refractivity contribution is 7.90. The Bertz CT molecular complexity index is 589. The first-order valence-corrected chi connectivity index (χ1v) is 8.56. The Morgan fingerprint density at radius 3 is 2.81 bits per heavy atom. The van der Waals surface area contributed by atoms with Crippen LogP contribution in [-0.2, 0) is 10.2 Å². The van der Waals surface area contributed by atoms with Gasteiger partial charge in [-0.15, -0.1) is 0 Å². The van der Waals surface area contributed by atoms with Crippen molar-refractivity contribution in [1.29, 1.82) is 0 Å². The molecule has 6 nitrogen and oxygen atoms in total. The Balaban J connectivity index is 2.20. The van der Waals surface area contributed by atoms with Crippen molar-refractivity contribution in [3.05, 3.63) is 23.8 Å². The lowest BCUT2D eigenvalue weighted by atomic mass is 10.1. The fourth-order valence-electron chi connectivity index (χ4n) is 2.60. The molecule has 0 aliphatic carbocycles. The third-order valence-corrected chi connectivity index (χ3v) is 5.40. The van der Waals surface area contributed by atoms with Crippen molar-refractivity contribution in [3.63, 3.8) is 0 Å². The molecule has 1 aromatic rings. The summed E-state index contributed by atoms with van der Waals surface area (Å²) in [6, 6.07) is 5.14. The summed E-state index contributed by atoms with van der Waals surface area (Å²) in [5.74, 6) is 0.702. The molecule has 0 aromatic heterocycles. The summed E-state index contributed by atoms with van der Waals surface area (Å²) in [5.41, 5.74) is 7.09. The number of nitrogens with one attached hydrogen (secondary N) is 1. The van der Waals surface area contributed by atoms with Crippen LogP contribution < -0.4 is 15.2 Å². The van der Waals surface area contributed by atoms with E-state index >= 15 is 0 Å². The van der Waals surface area contributed by atoms with E-state index in [0.717, 1.165) is 24.8 Å². The highest BCUT2D eigenvalue weighted by Gasteiger charge is 2.31. The molecule has 1 saturated heterocycles. The normalized spacial score (nSPS) is 20.2. The van der Waals surface area contributed by atoms with Crippen LogP contribution in [0.4, 0.5) is 5.69 Å². The molecule has 1 aromatic carbocycles. The number of rotatable bonds is 5. The third kappa shape index (κ3) is 3.66. The van der Waals surface area contributed by atoms with Crippen LogP contribution in [-0.4, -0.2) is 39.0 Å². The maximum absolute atomic E-state index is 12.6. The molecule has 3 N–H and O–H groups in total. The Hall–Kier alpha value is -1.31. The predicted molar refractivity (Wildman–Crippen MR) is 83.7 cm³/mol. The average molecular weight is 313 g/mol. The van der Waals surface area contributed by atoms with Gasteiger partial charge >= 0.3 is 10.2 Å². The second kappa shape index (κ2) is 6.64. The van der Waals surface area contributed by atoms with Gasteiger partial charge in [0.25, 0.3) is 0 Å². The lowest BCUT2D eigenvalue weighted by molar-refractivity contribution is 0.259. The van der Waals surface area contributed by atoms with Crippen LogP contribution in [0.5, 0.6) is 5.75 Å². The number of piperidine rings is 1. The largest absolute Gasteiger partial charge is 0.497 e. The monoisotopic (exact) mass is 313 g/mol. The molecule has 1 aliphatic heterocycles. The van der Waals surface area contributed by atoms with Gasteiger partial charge in [0.15, 0.2) is 0 Å². The van der Waals surface area contributed by atoms with Crippen molar-refractivity contribution in [2.45, 2.75) is 32.2 Å². The number of methoxy groups -OCH3 is 1. The minimum absolute atomic E-state index is 0.116. The van der Waals surface area contributed by atoms with Gasteiger partial charge in [0.1, 0.15) is 5.75 Å². The molecule has 0 spiro atoms. The summed E-state index contributed by atoms with van der Waals surface area (Å²) in [6.45, 7) is 2.71. The second-order valence-electron chi connectivity index (χ2n) is 5.28. The van der Waals surface area contributed by atoms with Crippen LogP contribution >= 0.6 is 0 Å². The predicted octanol–water partition coefficient (Wildman–Crippen LogP) is 1.47. The summed E-state index contributed by atoms with van der Waals surface area (Å²) >= 11 is 0. The van der Waals surface area contributed by atoms with E-state index in [9.17, 15) is 8.42 Å². The van der Waals surface area contributed by atoms with E-state index in [1.54, 1.807) is 25.3 Å². The Labute approximate surface area is 126 Å². The molecular formula is C14H23N3O3S. The van der Waals surface area contributed by atoms with Crippen molar-refractivity contribution in [2.75, 3.05) is 24.9 Å². The molecule has 1 unspecified atom stereocenters. The molecule has 0 radical (unpaired) electrons. The van der Waals surface area contributed by atoms with Gasteiger partial charge in [-0.1, -0.05) is 6.42 Å². The zero-order valence-corrected chi connectivity index (χ0v) is 13.3. The summed E-state index contributed by atoms with van der Waals surface area (Å²) < 4.78 is 34.4. The molecule has 1 aliphatic rings. The van der Waals surface area contributed by atoms with Crippen molar-refractivity contribution in [1.82, 2.24) is 4.31 Å². The van der Waals surface area contributed by atoms with Gasteiger partial charge in [-0.05, 0) is 43.5 Å². The summed E-state index contributed by atoms with van der Waals surface area (Å²) in [4.78, 5) is 0. The van der Waals surface area contributed by atoms with Crippen LogP contribution in [0, 0.1) is 6.92 Å². The highest BCUT2D eigenvalue weighted by atomic mass is 32.2. The maximum Gasteiger partial charge on any atom is 0.301 e. The molecule has 2 rings (SSSR count). The van der Waals surface area contributed by atoms with E-state index < -0.39 is 10.2 Å². The zero-order valence-electron chi connectivity index (χ0n) is 12.5. The Morgan fingerprint density at radius 2 is 2.19 bits per heavy atom. The van der Waals surface area contributed by atoms with Gasteiger partial charge < -0.3 is 10.5 Å². The fraction of sp³-hybridized carbons (Fsp3) is 0.571. The zero-order chi connectivity index (χ0) is 15.5. The lowest BCUT2D eigenvalue weighted by Crippen LogP contribution is -2.49. The number of hydrogen-bond donors (Lipinski definition) is 2. The summed E-state index contributed by atoms with van der Waals surface area (Å²) in [7, 11) is -2.00. The Morgan fingerprint density at radius 1 is 1.43 bits per heavy atom. The van der Waals surface area contributed by atoms with Crippen LogP contribution in [0.1, 0.15) is 24.8 Å². The number of ether oxygens (including phenoxy) is 1. The van der Waals surface area contributed by atoms with E-state index in [0.29, 0.717) is 24.5 Å². The van der Waals surface area contributed by atoms with Crippen LogP contribution in [0.25, 0.3) is 0 Å². The molecule has 0 bridgehead atoms. The molecule has 21 heavy (non-hydrogen) atoms. The Kier molecular flexibility index (Phi) is 5.08. The van der Waals surface area contributed by atoms with E-state index in [1.165, 1.54) is 4.31 Å². The molecule has 118 valence electrons. The van der Waals surface area contributed by atoms with E-state index in [2.05, 4.69) is 4.72 Å². The third-order valence-electron chi connectivity index (χ3n) is 3.83. The molecule has 1 fully saturated rings. The van der Waals surface area contributed by atoms with Crippen molar-refractivity contribution < 1.29 is 13.2 Å². The van der Waals surface area contributed by atoms with Gasteiger partial charge in [-0.2, -0.15) is 12.7 Å². The first-order chi connectivity index (χ1) is 9.97.